The van der Waals surface area contributed by atoms with Crippen LogP contribution in [0.1, 0.15) is 11.3 Å². The largest absolute Gasteiger partial charge is 0.478 e. The van der Waals surface area contributed by atoms with Gasteiger partial charge in [-0.25, -0.2) is 13.9 Å². The van der Waals surface area contributed by atoms with E-state index < -0.39 is 23.7 Å². The van der Waals surface area contributed by atoms with E-state index in [0.29, 0.717) is 6.07 Å². The van der Waals surface area contributed by atoms with E-state index in [1.165, 1.54) is 12.1 Å². The van der Waals surface area contributed by atoms with Gasteiger partial charge in [0.05, 0.1) is 0 Å². The van der Waals surface area contributed by atoms with E-state index in [1.807, 2.05) is 0 Å². The monoisotopic (exact) mass is 300 g/mol. The number of halogens is 4. The molecule has 1 aromatic carbocycles. The Balaban J connectivity index is 2.53. The van der Waals surface area contributed by atoms with E-state index in [-0.39, 0.29) is 11.3 Å². The van der Waals surface area contributed by atoms with Crippen LogP contribution < -0.4 is 0 Å². The highest BCUT2D eigenvalue weighted by Gasteiger charge is 2.33. The van der Waals surface area contributed by atoms with Gasteiger partial charge in [-0.3, -0.25) is 0 Å². The maximum Gasteiger partial charge on any atom is 0.435 e. The molecule has 1 N–H and O–H groups in total. The van der Waals surface area contributed by atoms with Crippen LogP contribution in [0.4, 0.5) is 17.6 Å². The fourth-order valence-electron chi connectivity index (χ4n) is 1.67. The summed E-state index contributed by atoms with van der Waals surface area (Å²) in [5.74, 6) is -2.08. The van der Waals surface area contributed by atoms with Crippen molar-refractivity contribution < 1.29 is 27.5 Å². The first kappa shape index (κ1) is 14.8. The van der Waals surface area contributed by atoms with Crippen LogP contribution in [0.5, 0.6) is 0 Å². The van der Waals surface area contributed by atoms with Gasteiger partial charge in [-0.05, 0) is 18.2 Å². The Hall–Kier alpha value is -2.64. The van der Waals surface area contributed by atoms with Gasteiger partial charge in [-0.15, -0.1) is 0 Å². The molecule has 0 fully saturated rings. The highest BCUT2D eigenvalue weighted by atomic mass is 19.4. The standard InChI is InChI=1S/C13H8F4N2O2/c14-9-3-1-2-8(4-5-11(20)21)12(9)19-7-6-10(18-19)13(15,16)17/h1-7H,(H,20,21)/b5-4+. The van der Waals surface area contributed by atoms with E-state index in [0.717, 1.165) is 29.1 Å². The maximum absolute atomic E-state index is 13.8. The number of carbonyl (C=O) groups is 1. The predicted octanol–water partition coefficient (Wildman–Crippen LogP) is 3.13. The summed E-state index contributed by atoms with van der Waals surface area (Å²) in [7, 11) is 0. The molecule has 0 saturated heterocycles. The highest BCUT2D eigenvalue weighted by molar-refractivity contribution is 5.86. The topological polar surface area (TPSA) is 55.1 Å². The number of hydrogen-bond acceptors (Lipinski definition) is 2. The third-order valence-corrected chi connectivity index (χ3v) is 2.53. The van der Waals surface area contributed by atoms with Gasteiger partial charge < -0.3 is 5.11 Å². The number of benzene rings is 1. The van der Waals surface area contributed by atoms with Crippen LogP contribution in [0.3, 0.4) is 0 Å². The number of carboxylic acids is 1. The molecule has 0 amide bonds. The van der Waals surface area contributed by atoms with E-state index in [4.69, 9.17) is 5.11 Å². The molecular formula is C13H8F4N2O2. The third kappa shape index (κ3) is 3.28. The van der Waals surface area contributed by atoms with Gasteiger partial charge >= 0.3 is 12.1 Å². The normalized spacial score (nSPS) is 12.0. The van der Waals surface area contributed by atoms with Crippen molar-refractivity contribution in [1.82, 2.24) is 9.78 Å². The summed E-state index contributed by atoms with van der Waals surface area (Å²) >= 11 is 0. The summed E-state index contributed by atoms with van der Waals surface area (Å²) in [5.41, 5.74) is -1.33. The molecular weight excluding hydrogens is 292 g/mol. The zero-order chi connectivity index (χ0) is 15.6. The van der Waals surface area contributed by atoms with Crippen molar-refractivity contribution in [2.45, 2.75) is 6.18 Å². The summed E-state index contributed by atoms with van der Waals surface area (Å²) in [6.07, 6.45) is -1.85. The van der Waals surface area contributed by atoms with Crippen molar-refractivity contribution in [3.63, 3.8) is 0 Å². The van der Waals surface area contributed by atoms with Crippen molar-refractivity contribution in [3.05, 3.63) is 53.6 Å². The number of hydrogen-bond donors (Lipinski definition) is 1. The molecule has 4 nitrogen and oxygen atoms in total. The predicted molar refractivity (Wildman–Crippen MR) is 65.2 cm³/mol. The lowest BCUT2D eigenvalue weighted by Gasteiger charge is -2.08. The summed E-state index contributed by atoms with van der Waals surface area (Å²) in [4.78, 5) is 10.5. The summed E-state index contributed by atoms with van der Waals surface area (Å²) in [6.45, 7) is 0. The quantitative estimate of drug-likeness (QED) is 0.700. The van der Waals surface area contributed by atoms with Crippen LogP contribution in [0.25, 0.3) is 11.8 Å². The van der Waals surface area contributed by atoms with Gasteiger partial charge in [0.15, 0.2) is 5.69 Å². The fourth-order valence-corrected chi connectivity index (χ4v) is 1.67. The molecule has 0 aliphatic carbocycles. The first-order chi connectivity index (χ1) is 9.79. The minimum absolute atomic E-state index is 0.0919. The van der Waals surface area contributed by atoms with Gasteiger partial charge in [-0.2, -0.15) is 18.3 Å². The van der Waals surface area contributed by atoms with Crippen molar-refractivity contribution in [2.75, 3.05) is 0 Å². The third-order valence-electron chi connectivity index (χ3n) is 2.53. The molecule has 0 aliphatic heterocycles. The first-order valence-corrected chi connectivity index (χ1v) is 5.62. The van der Waals surface area contributed by atoms with Crippen LogP contribution in [0, 0.1) is 5.82 Å². The van der Waals surface area contributed by atoms with Crippen LogP contribution in [0.15, 0.2) is 36.5 Å². The lowest BCUT2D eigenvalue weighted by Crippen LogP contribution is -2.08. The molecule has 0 unspecified atom stereocenters. The average molecular weight is 300 g/mol. The van der Waals surface area contributed by atoms with Gasteiger partial charge in [0.1, 0.15) is 11.5 Å². The van der Waals surface area contributed by atoms with E-state index in [9.17, 15) is 22.4 Å². The second-order valence-corrected chi connectivity index (χ2v) is 3.99. The summed E-state index contributed by atoms with van der Waals surface area (Å²) in [5, 5.41) is 11.8. The average Bonchev–Trinajstić information content (AvgIpc) is 2.85. The van der Waals surface area contributed by atoms with Crippen LogP contribution in [-0.2, 0) is 11.0 Å². The van der Waals surface area contributed by atoms with Crippen molar-refractivity contribution in [2.24, 2.45) is 0 Å². The van der Waals surface area contributed by atoms with Crippen LogP contribution >= 0.6 is 0 Å². The molecule has 0 radical (unpaired) electrons. The molecule has 0 spiro atoms. The molecule has 0 bridgehead atoms. The smallest absolute Gasteiger partial charge is 0.435 e. The Morgan fingerprint density at radius 3 is 2.57 bits per heavy atom. The molecule has 0 atom stereocenters. The number of aromatic nitrogens is 2. The Labute approximate surface area is 115 Å². The maximum atomic E-state index is 13.8. The van der Waals surface area contributed by atoms with E-state index in [2.05, 4.69) is 5.10 Å². The minimum atomic E-state index is -4.65. The van der Waals surface area contributed by atoms with E-state index >= 15 is 0 Å². The molecule has 21 heavy (non-hydrogen) atoms. The molecule has 0 saturated carbocycles. The molecule has 110 valence electrons. The van der Waals surface area contributed by atoms with Crippen molar-refractivity contribution >= 4 is 12.0 Å². The molecule has 8 heteroatoms. The molecule has 2 aromatic rings. The Kier molecular flexibility index (Phi) is 3.79. The SMILES string of the molecule is O=C(O)/C=C/c1cccc(F)c1-n1ccc(C(F)(F)F)n1. The van der Waals surface area contributed by atoms with Gasteiger partial charge in [-0.1, -0.05) is 12.1 Å². The zero-order valence-corrected chi connectivity index (χ0v) is 10.3. The summed E-state index contributed by atoms with van der Waals surface area (Å²) in [6, 6.07) is 4.43. The van der Waals surface area contributed by atoms with Gasteiger partial charge in [0, 0.05) is 17.8 Å². The molecule has 1 heterocycles. The second kappa shape index (κ2) is 5.39. The summed E-state index contributed by atoms with van der Waals surface area (Å²) < 4.78 is 52.1. The van der Waals surface area contributed by atoms with Crippen molar-refractivity contribution in [3.8, 4) is 5.69 Å². The number of carboxylic acid groups (broad SMARTS) is 1. The lowest BCUT2D eigenvalue weighted by atomic mass is 10.1. The van der Waals surface area contributed by atoms with Gasteiger partial charge in [0.25, 0.3) is 0 Å². The molecule has 0 aliphatic rings. The van der Waals surface area contributed by atoms with Crippen LogP contribution in [-0.4, -0.2) is 20.9 Å². The minimum Gasteiger partial charge on any atom is -0.478 e. The van der Waals surface area contributed by atoms with E-state index in [1.54, 1.807) is 0 Å². The molecule has 1 aromatic heterocycles. The van der Waals surface area contributed by atoms with Gasteiger partial charge in [0.2, 0.25) is 0 Å². The Bertz CT molecular complexity index is 704. The fraction of sp³-hybridized carbons (Fsp3) is 0.0769. The first-order valence-electron chi connectivity index (χ1n) is 5.62. The Morgan fingerprint density at radius 2 is 2.00 bits per heavy atom. The number of rotatable bonds is 3. The lowest BCUT2D eigenvalue weighted by molar-refractivity contribution is -0.141. The molecule has 2 rings (SSSR count). The zero-order valence-electron chi connectivity index (χ0n) is 10.3. The number of para-hydroxylation sites is 1. The Morgan fingerprint density at radius 1 is 1.29 bits per heavy atom. The van der Waals surface area contributed by atoms with Crippen LogP contribution in [0.2, 0.25) is 0 Å². The van der Waals surface area contributed by atoms with Crippen molar-refractivity contribution in [1.29, 1.82) is 0 Å². The highest BCUT2D eigenvalue weighted by Crippen LogP contribution is 2.29. The number of nitrogens with zero attached hydrogens (tertiary/aromatic N) is 2. The second-order valence-electron chi connectivity index (χ2n) is 3.99. The number of alkyl halides is 3. The number of aliphatic carboxylic acids is 1.